The van der Waals surface area contributed by atoms with Gasteiger partial charge in [-0.25, -0.2) is 4.99 Å². The molecule has 1 amide bonds. The Balaban J connectivity index is 1.97. The van der Waals surface area contributed by atoms with Gasteiger partial charge in [0.15, 0.2) is 6.29 Å². The molecule has 1 aliphatic rings. The second-order valence-corrected chi connectivity index (χ2v) is 3.33. The van der Waals surface area contributed by atoms with Gasteiger partial charge in [-0.3, -0.25) is 4.79 Å². The topological polar surface area (TPSA) is 79.5 Å². The van der Waals surface area contributed by atoms with Crippen LogP contribution in [0.1, 0.15) is 10.4 Å². The summed E-state index contributed by atoms with van der Waals surface area (Å²) in [5, 5.41) is 5.56. The Hall–Kier alpha value is -2.30. The van der Waals surface area contributed by atoms with Gasteiger partial charge in [-0.2, -0.15) is 0 Å². The minimum absolute atomic E-state index is 0.177. The monoisotopic (exact) mass is 216 g/mol. The molecule has 0 saturated heterocycles. The lowest BCUT2D eigenvalue weighted by Crippen LogP contribution is -2.43. The zero-order chi connectivity index (χ0) is 11.4. The van der Waals surface area contributed by atoms with Crippen LogP contribution in [0.5, 0.6) is 0 Å². The summed E-state index contributed by atoms with van der Waals surface area (Å²) in [5.41, 5.74) is 6.61. The fraction of sp³-hybridized carbons (Fsp3) is 0.0909. The SMILES string of the molecule is NC1=CNC(NC(=O)c2ccccc2)N=C1. The van der Waals surface area contributed by atoms with Crippen molar-refractivity contribution in [2.24, 2.45) is 10.7 Å². The van der Waals surface area contributed by atoms with Gasteiger partial charge in [-0.05, 0) is 12.1 Å². The van der Waals surface area contributed by atoms with Crippen molar-refractivity contribution in [1.82, 2.24) is 10.6 Å². The van der Waals surface area contributed by atoms with Crippen LogP contribution < -0.4 is 16.4 Å². The number of benzene rings is 1. The molecule has 1 aliphatic heterocycles. The fourth-order valence-electron chi connectivity index (χ4n) is 1.29. The number of nitrogens with zero attached hydrogens (tertiary/aromatic N) is 1. The van der Waals surface area contributed by atoms with Gasteiger partial charge < -0.3 is 16.4 Å². The van der Waals surface area contributed by atoms with E-state index in [2.05, 4.69) is 15.6 Å². The Morgan fingerprint density at radius 2 is 2.12 bits per heavy atom. The Bertz CT molecular complexity index is 439. The van der Waals surface area contributed by atoms with Gasteiger partial charge in [-0.1, -0.05) is 18.2 Å². The van der Waals surface area contributed by atoms with Crippen molar-refractivity contribution < 1.29 is 4.79 Å². The maximum absolute atomic E-state index is 11.7. The molecule has 5 nitrogen and oxygen atoms in total. The van der Waals surface area contributed by atoms with E-state index in [0.29, 0.717) is 11.3 Å². The number of carbonyl (C=O) groups excluding carboxylic acids is 1. The summed E-state index contributed by atoms with van der Waals surface area (Å²) in [6.07, 6.45) is 2.65. The minimum Gasteiger partial charge on any atom is -0.396 e. The van der Waals surface area contributed by atoms with Crippen LogP contribution in [0, 0.1) is 0 Å². The van der Waals surface area contributed by atoms with Crippen LogP contribution in [0.3, 0.4) is 0 Å². The van der Waals surface area contributed by atoms with E-state index in [1.54, 1.807) is 18.3 Å². The molecule has 0 bridgehead atoms. The van der Waals surface area contributed by atoms with E-state index in [0.717, 1.165) is 0 Å². The van der Waals surface area contributed by atoms with Crippen molar-refractivity contribution in [3.8, 4) is 0 Å². The Labute approximate surface area is 93.1 Å². The van der Waals surface area contributed by atoms with E-state index in [1.165, 1.54) is 6.21 Å². The number of rotatable bonds is 2. The number of hydrogen-bond acceptors (Lipinski definition) is 4. The number of aliphatic imine (C=N–C) groups is 1. The molecule has 0 saturated carbocycles. The molecule has 82 valence electrons. The number of nitrogens with one attached hydrogen (secondary N) is 2. The lowest BCUT2D eigenvalue weighted by Gasteiger charge is -2.17. The Kier molecular flexibility index (Phi) is 2.86. The summed E-state index contributed by atoms with van der Waals surface area (Å²) in [6, 6.07) is 8.96. The highest BCUT2D eigenvalue weighted by atomic mass is 16.1. The smallest absolute Gasteiger partial charge is 0.254 e. The van der Waals surface area contributed by atoms with Crippen LogP contribution in [0.4, 0.5) is 0 Å². The molecule has 1 atom stereocenters. The van der Waals surface area contributed by atoms with Crippen molar-refractivity contribution in [3.05, 3.63) is 47.8 Å². The molecular formula is C11H12N4O. The fourth-order valence-corrected chi connectivity index (χ4v) is 1.29. The predicted octanol–water partition coefficient (Wildman–Crippen LogP) is 0.174. The Morgan fingerprint density at radius 3 is 2.75 bits per heavy atom. The second kappa shape index (κ2) is 4.48. The molecule has 0 aromatic heterocycles. The first kappa shape index (κ1) is 10.2. The summed E-state index contributed by atoms with van der Waals surface area (Å²) in [6.45, 7) is 0. The predicted molar refractivity (Wildman–Crippen MR) is 61.6 cm³/mol. The van der Waals surface area contributed by atoms with Crippen molar-refractivity contribution in [1.29, 1.82) is 0 Å². The minimum atomic E-state index is -0.458. The summed E-state index contributed by atoms with van der Waals surface area (Å²) >= 11 is 0. The van der Waals surface area contributed by atoms with Gasteiger partial charge >= 0.3 is 0 Å². The molecule has 16 heavy (non-hydrogen) atoms. The normalized spacial score (nSPS) is 18.5. The van der Waals surface area contributed by atoms with Crippen LogP contribution in [-0.4, -0.2) is 18.4 Å². The molecule has 0 spiro atoms. The number of hydrogen-bond donors (Lipinski definition) is 3. The first-order chi connectivity index (χ1) is 7.75. The highest BCUT2D eigenvalue weighted by molar-refractivity contribution is 5.94. The van der Waals surface area contributed by atoms with Crippen molar-refractivity contribution in [3.63, 3.8) is 0 Å². The van der Waals surface area contributed by atoms with Crippen LogP contribution in [0.2, 0.25) is 0 Å². The van der Waals surface area contributed by atoms with Crippen LogP contribution in [-0.2, 0) is 0 Å². The molecule has 0 fully saturated rings. The average Bonchev–Trinajstić information content (AvgIpc) is 2.33. The van der Waals surface area contributed by atoms with Crippen molar-refractivity contribution in [2.45, 2.75) is 6.29 Å². The largest absolute Gasteiger partial charge is 0.396 e. The lowest BCUT2D eigenvalue weighted by atomic mass is 10.2. The van der Waals surface area contributed by atoms with E-state index in [1.807, 2.05) is 18.2 Å². The first-order valence-electron chi connectivity index (χ1n) is 4.86. The quantitative estimate of drug-likeness (QED) is 0.659. The van der Waals surface area contributed by atoms with Gasteiger partial charge in [0.2, 0.25) is 0 Å². The van der Waals surface area contributed by atoms with E-state index in [-0.39, 0.29) is 5.91 Å². The summed E-state index contributed by atoms with van der Waals surface area (Å²) < 4.78 is 0. The third kappa shape index (κ3) is 2.38. The zero-order valence-electron chi connectivity index (χ0n) is 8.55. The van der Waals surface area contributed by atoms with Crippen LogP contribution in [0.15, 0.2) is 47.2 Å². The third-order valence-electron chi connectivity index (χ3n) is 2.08. The van der Waals surface area contributed by atoms with Gasteiger partial charge in [0.25, 0.3) is 5.91 Å². The summed E-state index contributed by atoms with van der Waals surface area (Å²) in [7, 11) is 0. The van der Waals surface area contributed by atoms with Gasteiger partial charge in [0.05, 0.1) is 11.9 Å². The number of allylic oxidation sites excluding steroid dienone is 1. The number of nitrogens with two attached hydrogens (primary N) is 1. The molecule has 1 unspecified atom stereocenters. The van der Waals surface area contributed by atoms with Crippen LogP contribution >= 0.6 is 0 Å². The van der Waals surface area contributed by atoms with E-state index < -0.39 is 6.29 Å². The highest BCUT2D eigenvalue weighted by Crippen LogP contribution is 1.99. The molecule has 0 aliphatic carbocycles. The average molecular weight is 216 g/mol. The van der Waals surface area contributed by atoms with Gasteiger partial charge in [0.1, 0.15) is 0 Å². The van der Waals surface area contributed by atoms with Crippen LogP contribution in [0.25, 0.3) is 0 Å². The molecule has 4 N–H and O–H groups in total. The Morgan fingerprint density at radius 1 is 1.38 bits per heavy atom. The molecule has 5 heteroatoms. The lowest BCUT2D eigenvalue weighted by molar-refractivity contribution is 0.0934. The zero-order valence-corrected chi connectivity index (χ0v) is 8.55. The van der Waals surface area contributed by atoms with E-state index in [9.17, 15) is 4.79 Å². The molecule has 1 aromatic rings. The number of amides is 1. The summed E-state index contributed by atoms with van der Waals surface area (Å²) in [4.78, 5) is 15.7. The van der Waals surface area contributed by atoms with E-state index in [4.69, 9.17) is 5.73 Å². The second-order valence-electron chi connectivity index (χ2n) is 3.33. The molecule has 2 rings (SSSR count). The third-order valence-corrected chi connectivity index (χ3v) is 2.08. The molecule has 1 heterocycles. The number of carbonyl (C=O) groups is 1. The van der Waals surface area contributed by atoms with E-state index >= 15 is 0 Å². The molecular weight excluding hydrogens is 204 g/mol. The molecule has 0 radical (unpaired) electrons. The highest BCUT2D eigenvalue weighted by Gasteiger charge is 2.11. The maximum atomic E-state index is 11.7. The molecule has 1 aromatic carbocycles. The van der Waals surface area contributed by atoms with Crippen molar-refractivity contribution in [2.75, 3.05) is 0 Å². The standard InChI is InChI=1S/C11H12N4O/c12-9-6-13-11(14-7-9)15-10(16)8-4-2-1-3-5-8/h1-7,11,13H,12H2,(H,15,16). The van der Waals surface area contributed by atoms with Crippen molar-refractivity contribution >= 4 is 12.1 Å². The maximum Gasteiger partial charge on any atom is 0.254 e. The summed E-state index contributed by atoms with van der Waals surface area (Å²) in [5.74, 6) is -0.177. The van der Waals surface area contributed by atoms with Gasteiger partial charge in [-0.15, -0.1) is 0 Å². The first-order valence-corrected chi connectivity index (χ1v) is 4.86. The van der Waals surface area contributed by atoms with Gasteiger partial charge in [0, 0.05) is 11.8 Å².